The van der Waals surface area contributed by atoms with Crippen LogP contribution in [0.2, 0.25) is 0 Å². The molecule has 0 aliphatic heterocycles. The van der Waals surface area contributed by atoms with Crippen molar-refractivity contribution in [3.05, 3.63) is 35.3 Å². The summed E-state index contributed by atoms with van der Waals surface area (Å²) in [7, 11) is -3.23. The van der Waals surface area contributed by atoms with Gasteiger partial charge in [0.1, 0.15) is 16.3 Å². The molecule has 0 radical (unpaired) electrons. The predicted molar refractivity (Wildman–Crippen MR) is 113 cm³/mol. The molecule has 1 atom stereocenters. The third-order valence-corrected chi connectivity index (χ3v) is 7.34. The number of nitrogens with zero attached hydrogens (tertiary/aromatic N) is 3. The summed E-state index contributed by atoms with van der Waals surface area (Å²) in [5, 5.41) is 6.35. The van der Waals surface area contributed by atoms with Gasteiger partial charge in [-0.2, -0.15) is 18.3 Å². The highest BCUT2D eigenvalue weighted by atomic mass is 32.2. The summed E-state index contributed by atoms with van der Waals surface area (Å²) in [5.74, 6) is -4.03. The van der Waals surface area contributed by atoms with Crippen LogP contribution >= 0.6 is 0 Å². The van der Waals surface area contributed by atoms with Crippen LogP contribution in [0.4, 0.5) is 27.6 Å². The van der Waals surface area contributed by atoms with Crippen LogP contribution in [-0.4, -0.2) is 37.1 Å². The Bertz CT molecular complexity index is 1260. The average molecular weight is 506 g/mol. The van der Waals surface area contributed by atoms with E-state index in [4.69, 9.17) is 4.78 Å². The molecule has 1 amide bonds. The zero-order valence-corrected chi connectivity index (χ0v) is 19.5. The van der Waals surface area contributed by atoms with Gasteiger partial charge in [0.25, 0.3) is 5.91 Å². The van der Waals surface area contributed by atoms with Gasteiger partial charge in [0.15, 0.2) is 0 Å². The molecule has 2 aliphatic rings. The molecule has 13 heteroatoms. The number of hydrogen-bond donors (Lipinski definition) is 2. The van der Waals surface area contributed by atoms with Crippen LogP contribution in [0.15, 0.2) is 23.4 Å². The highest BCUT2D eigenvalue weighted by molar-refractivity contribution is 7.91. The molecule has 0 spiro atoms. The van der Waals surface area contributed by atoms with Gasteiger partial charge < -0.3 is 5.32 Å². The quantitative estimate of drug-likeness (QED) is 0.535. The van der Waals surface area contributed by atoms with E-state index in [1.54, 1.807) is 6.92 Å². The minimum absolute atomic E-state index is 0.00160. The fourth-order valence-corrected chi connectivity index (χ4v) is 5.10. The second-order valence-electron chi connectivity index (χ2n) is 9.99. The van der Waals surface area contributed by atoms with Gasteiger partial charge >= 0.3 is 6.18 Å². The monoisotopic (exact) mass is 505 g/mol. The van der Waals surface area contributed by atoms with Crippen molar-refractivity contribution in [3.8, 4) is 0 Å². The number of nitrogens with one attached hydrogen (secondary N) is 2. The number of carbonyl (C=O) groups is 1. The van der Waals surface area contributed by atoms with Gasteiger partial charge in [0.2, 0.25) is 5.92 Å². The van der Waals surface area contributed by atoms with Crippen LogP contribution in [0.25, 0.3) is 0 Å². The topological polar surface area (TPSA) is 101 Å². The van der Waals surface area contributed by atoms with E-state index in [1.165, 1.54) is 19.2 Å². The summed E-state index contributed by atoms with van der Waals surface area (Å²) in [5.41, 5.74) is -4.06. The Morgan fingerprint density at radius 3 is 2.38 bits per heavy atom. The maximum absolute atomic E-state index is 14.2. The first-order chi connectivity index (χ1) is 15.4. The first-order valence-electron chi connectivity index (χ1n) is 10.5. The smallest absolute Gasteiger partial charge is 0.320 e. The Hall–Kier alpha value is -2.57. The first-order valence-corrected chi connectivity index (χ1v) is 12.5. The number of alkyl halides is 5. The van der Waals surface area contributed by atoms with E-state index in [2.05, 4.69) is 15.4 Å². The fourth-order valence-electron chi connectivity index (χ4n) is 4.48. The molecule has 4 rings (SSSR count). The van der Waals surface area contributed by atoms with Crippen molar-refractivity contribution < 1.29 is 31.0 Å². The van der Waals surface area contributed by atoms with E-state index in [-0.39, 0.29) is 23.0 Å². The molecule has 0 aromatic carbocycles. The van der Waals surface area contributed by atoms with Crippen molar-refractivity contribution in [1.29, 1.82) is 4.78 Å². The second-order valence-corrected chi connectivity index (χ2v) is 12.1. The SMILES string of the molecule is CC1(Cn2nc(C3(C)CC3)c(C(F)(F)F)c2C(=O)Nc2ccnc([S@@](C)(=N)=O)c2)CC(F)(F)C1. The number of aromatic nitrogens is 3. The average Bonchev–Trinajstić information content (AvgIpc) is 3.26. The van der Waals surface area contributed by atoms with Crippen molar-refractivity contribution >= 4 is 21.3 Å². The van der Waals surface area contributed by atoms with Gasteiger partial charge in [-0.15, -0.1) is 0 Å². The summed E-state index contributed by atoms with van der Waals surface area (Å²) in [6, 6.07) is 2.44. The molecule has 0 unspecified atom stereocenters. The van der Waals surface area contributed by atoms with E-state index in [0.29, 0.717) is 12.8 Å². The molecule has 7 nitrogen and oxygen atoms in total. The molecule has 186 valence electrons. The number of pyridine rings is 1. The van der Waals surface area contributed by atoms with Crippen LogP contribution in [0.1, 0.15) is 61.3 Å². The molecule has 2 aliphatic carbocycles. The van der Waals surface area contributed by atoms with Crippen molar-refractivity contribution in [2.24, 2.45) is 5.41 Å². The lowest BCUT2D eigenvalue weighted by molar-refractivity contribution is -0.160. The molecule has 2 heterocycles. The standard InChI is InChI=1S/C21H24F5N5O2S/c1-18(9-20(22,23)10-18)11-31-15(14(21(24,25)26)16(30-31)19(2)5-6-19)17(32)29-12-4-7-28-13(8-12)34(3,27)33/h4,7-8,27H,5-6,9-11H2,1-3H3,(H,28,29,32)/t34-/m0/s1. The summed E-state index contributed by atoms with van der Waals surface area (Å²) in [4.78, 5) is 17.0. The lowest BCUT2D eigenvalue weighted by Crippen LogP contribution is -2.47. The Morgan fingerprint density at radius 1 is 1.26 bits per heavy atom. The molecule has 2 aromatic heterocycles. The van der Waals surface area contributed by atoms with Crippen LogP contribution in [0.5, 0.6) is 0 Å². The van der Waals surface area contributed by atoms with E-state index in [1.807, 2.05) is 0 Å². The van der Waals surface area contributed by atoms with Gasteiger partial charge in [-0.1, -0.05) is 13.8 Å². The van der Waals surface area contributed by atoms with Gasteiger partial charge in [0, 0.05) is 42.9 Å². The van der Waals surface area contributed by atoms with E-state index >= 15 is 0 Å². The van der Waals surface area contributed by atoms with E-state index in [0.717, 1.165) is 17.0 Å². The Balaban J connectivity index is 1.78. The molecule has 0 saturated heterocycles. The van der Waals surface area contributed by atoms with E-state index < -0.39 is 62.7 Å². The first kappa shape index (κ1) is 24.6. The zero-order valence-electron chi connectivity index (χ0n) is 18.7. The van der Waals surface area contributed by atoms with Crippen LogP contribution < -0.4 is 5.32 Å². The van der Waals surface area contributed by atoms with Crippen molar-refractivity contribution in [3.63, 3.8) is 0 Å². The van der Waals surface area contributed by atoms with Gasteiger partial charge in [-0.3, -0.25) is 9.48 Å². The molecule has 34 heavy (non-hydrogen) atoms. The molecular weight excluding hydrogens is 481 g/mol. The molecule has 2 aromatic rings. The third-order valence-electron chi connectivity index (χ3n) is 6.32. The summed E-state index contributed by atoms with van der Waals surface area (Å²) in [6.45, 7) is 2.87. The highest BCUT2D eigenvalue weighted by Gasteiger charge is 2.56. The van der Waals surface area contributed by atoms with E-state index in [9.17, 15) is 31.0 Å². The summed E-state index contributed by atoms with van der Waals surface area (Å²) < 4.78 is 90.3. The van der Waals surface area contributed by atoms with Crippen LogP contribution in [0.3, 0.4) is 0 Å². The molecule has 2 fully saturated rings. The Morgan fingerprint density at radius 2 is 1.88 bits per heavy atom. The van der Waals surface area contributed by atoms with Gasteiger partial charge in [-0.05, 0) is 30.4 Å². The number of anilines is 1. The third kappa shape index (κ3) is 4.66. The largest absolute Gasteiger partial charge is 0.420 e. The zero-order chi connectivity index (χ0) is 25.3. The van der Waals surface area contributed by atoms with Crippen molar-refractivity contribution in [2.45, 2.75) is 68.6 Å². The number of hydrogen-bond acceptors (Lipinski definition) is 5. The van der Waals surface area contributed by atoms with Crippen LogP contribution in [0, 0.1) is 10.2 Å². The maximum atomic E-state index is 14.2. The highest BCUT2D eigenvalue weighted by Crippen LogP contribution is 2.54. The normalized spacial score (nSPS) is 21.9. The summed E-state index contributed by atoms with van der Waals surface area (Å²) in [6.07, 6.45) is -2.71. The predicted octanol–water partition coefficient (Wildman–Crippen LogP) is 5.07. The molecule has 2 saturated carbocycles. The molecule has 2 N–H and O–H groups in total. The maximum Gasteiger partial charge on any atom is 0.420 e. The Labute approximate surface area is 193 Å². The number of carbonyl (C=O) groups excluding carboxylic acids is 1. The fraction of sp³-hybridized carbons (Fsp3) is 0.571. The minimum atomic E-state index is -4.90. The van der Waals surface area contributed by atoms with Gasteiger partial charge in [0.05, 0.1) is 15.4 Å². The number of halogens is 5. The molecule has 0 bridgehead atoms. The lowest BCUT2D eigenvalue weighted by Gasteiger charge is -2.44. The molecular formula is C21H24F5N5O2S. The second kappa shape index (κ2) is 7.46. The number of amides is 1. The van der Waals surface area contributed by atoms with Crippen LogP contribution in [-0.2, 0) is 27.9 Å². The summed E-state index contributed by atoms with van der Waals surface area (Å²) >= 11 is 0. The van der Waals surface area contributed by atoms with Gasteiger partial charge in [-0.25, -0.2) is 22.8 Å². The Kier molecular flexibility index (Phi) is 5.39. The minimum Gasteiger partial charge on any atom is -0.320 e. The number of rotatable bonds is 6. The lowest BCUT2D eigenvalue weighted by atomic mass is 9.67. The van der Waals surface area contributed by atoms with Crippen molar-refractivity contribution in [2.75, 3.05) is 11.6 Å². The van der Waals surface area contributed by atoms with Crippen molar-refractivity contribution in [1.82, 2.24) is 14.8 Å².